The van der Waals surface area contributed by atoms with Gasteiger partial charge >= 0.3 is 11.9 Å². The van der Waals surface area contributed by atoms with Gasteiger partial charge in [-0.25, -0.2) is 4.79 Å². The van der Waals surface area contributed by atoms with Crippen molar-refractivity contribution in [2.45, 2.75) is 49.9 Å². The minimum atomic E-state index is -1.51. The number of nitrogens with one attached hydrogen (secondary N) is 3. The fraction of sp³-hybridized carbons (Fsp3) is 0.737. The Morgan fingerprint density at radius 3 is 1.61 bits per heavy atom. The second kappa shape index (κ2) is 17.8. The first-order valence-corrected chi connectivity index (χ1v) is 14.3. The van der Waals surface area contributed by atoms with Gasteiger partial charge in [-0.05, 0) is 55.3 Å². The van der Waals surface area contributed by atoms with Gasteiger partial charge in [0.05, 0.1) is 12.5 Å². The summed E-state index contributed by atoms with van der Waals surface area (Å²) in [6.45, 7) is 0. The van der Waals surface area contributed by atoms with Crippen molar-refractivity contribution in [1.29, 1.82) is 0 Å². The molecule has 0 saturated carbocycles. The molecule has 0 spiro atoms. The molecule has 0 bridgehead atoms. The predicted octanol–water partition coefficient (Wildman–Crippen LogP) is -0.413. The van der Waals surface area contributed by atoms with E-state index >= 15 is 0 Å². The van der Waals surface area contributed by atoms with Crippen molar-refractivity contribution >= 4 is 64.9 Å². The lowest BCUT2D eigenvalue weighted by Gasteiger charge is -2.24. The van der Waals surface area contributed by atoms with Crippen LogP contribution in [0.25, 0.3) is 0 Å². The number of hydrogen-bond donors (Lipinski definition) is 6. The zero-order valence-corrected chi connectivity index (χ0v) is 21.4. The summed E-state index contributed by atoms with van der Waals surface area (Å²) in [4.78, 5) is 60.5. The molecule has 190 valence electrons. The van der Waals surface area contributed by atoms with Gasteiger partial charge in [0, 0.05) is 0 Å². The van der Waals surface area contributed by atoms with Crippen molar-refractivity contribution in [1.82, 2.24) is 16.0 Å². The standard InChI is InChI=1S/C19H34N4O7S3/c1-31-7-4-11(20)16(26)21-12(5-8-32-2)17(27)23-14(10-15(24)25)18(28)22-13(19(29)30)6-9-33-3/h11-14H,4-10,20H2,1-3H3,(H,21,26)(H,22,28)(H,23,27)(H,24,25)(H,29,30). The molecule has 4 unspecified atom stereocenters. The minimum Gasteiger partial charge on any atom is -0.481 e. The fourth-order valence-electron chi connectivity index (χ4n) is 2.58. The van der Waals surface area contributed by atoms with Crippen LogP contribution in [-0.4, -0.2) is 100 Å². The molecule has 0 rings (SSSR count). The number of amides is 3. The van der Waals surface area contributed by atoms with E-state index in [4.69, 9.17) is 10.8 Å². The molecular weight excluding hydrogens is 492 g/mol. The summed E-state index contributed by atoms with van der Waals surface area (Å²) in [7, 11) is 0. The van der Waals surface area contributed by atoms with E-state index in [0.717, 1.165) is 0 Å². The molecule has 0 aromatic carbocycles. The number of aliphatic carboxylic acids is 2. The molecule has 0 aliphatic rings. The third-order valence-corrected chi connectivity index (χ3v) is 6.38. The Bertz CT molecular complexity index is 669. The Hall–Kier alpha value is -1.64. The lowest BCUT2D eigenvalue weighted by Crippen LogP contribution is -2.57. The van der Waals surface area contributed by atoms with Gasteiger partial charge in [-0.15, -0.1) is 0 Å². The van der Waals surface area contributed by atoms with Gasteiger partial charge in [-0.1, -0.05) is 0 Å². The number of rotatable bonds is 18. The van der Waals surface area contributed by atoms with Crippen LogP contribution in [0.3, 0.4) is 0 Å². The van der Waals surface area contributed by atoms with Gasteiger partial charge in [0.1, 0.15) is 18.1 Å². The topological polar surface area (TPSA) is 188 Å². The van der Waals surface area contributed by atoms with Crippen molar-refractivity contribution in [2.75, 3.05) is 36.0 Å². The molecule has 11 nitrogen and oxygen atoms in total. The summed E-state index contributed by atoms with van der Waals surface area (Å²) in [6, 6.07) is -4.57. The molecule has 0 aromatic heterocycles. The third kappa shape index (κ3) is 13.6. The molecule has 3 amide bonds. The highest BCUT2D eigenvalue weighted by atomic mass is 32.2. The molecule has 7 N–H and O–H groups in total. The summed E-state index contributed by atoms with van der Waals surface area (Å²) in [5, 5.41) is 25.7. The summed E-state index contributed by atoms with van der Waals surface area (Å²) in [6.07, 6.45) is 5.52. The Kier molecular flexibility index (Phi) is 16.9. The van der Waals surface area contributed by atoms with Gasteiger partial charge in [0.2, 0.25) is 17.7 Å². The molecule has 0 saturated heterocycles. The molecule has 0 aliphatic heterocycles. The van der Waals surface area contributed by atoms with E-state index in [1.807, 2.05) is 12.5 Å². The Labute approximate surface area is 206 Å². The van der Waals surface area contributed by atoms with Gasteiger partial charge in [-0.3, -0.25) is 19.2 Å². The molecule has 0 heterocycles. The Balaban J connectivity index is 5.39. The van der Waals surface area contributed by atoms with Crippen LogP contribution in [0.4, 0.5) is 0 Å². The quantitative estimate of drug-likeness (QED) is 0.136. The van der Waals surface area contributed by atoms with E-state index in [1.165, 1.54) is 35.3 Å². The van der Waals surface area contributed by atoms with Crippen LogP contribution >= 0.6 is 35.3 Å². The monoisotopic (exact) mass is 526 g/mol. The van der Waals surface area contributed by atoms with Crippen LogP contribution in [-0.2, 0) is 24.0 Å². The second-order valence-electron chi connectivity index (χ2n) is 7.07. The first-order valence-electron chi connectivity index (χ1n) is 10.1. The van der Waals surface area contributed by atoms with Crippen molar-refractivity contribution in [3.63, 3.8) is 0 Å². The minimum absolute atomic E-state index is 0.135. The summed E-state index contributed by atoms with van der Waals surface area (Å²) in [5.74, 6) is -3.16. The van der Waals surface area contributed by atoms with Crippen LogP contribution in [0.15, 0.2) is 0 Å². The Morgan fingerprint density at radius 1 is 0.697 bits per heavy atom. The summed E-state index contributed by atoms with van der Waals surface area (Å²) < 4.78 is 0. The maximum Gasteiger partial charge on any atom is 0.326 e. The number of carbonyl (C=O) groups excluding carboxylic acids is 3. The first kappa shape index (κ1) is 31.4. The van der Waals surface area contributed by atoms with Crippen molar-refractivity contribution < 1.29 is 34.2 Å². The summed E-state index contributed by atoms with van der Waals surface area (Å²) >= 11 is 4.37. The summed E-state index contributed by atoms with van der Waals surface area (Å²) in [5.41, 5.74) is 5.86. The van der Waals surface area contributed by atoms with Crippen LogP contribution in [0.2, 0.25) is 0 Å². The van der Waals surface area contributed by atoms with Crippen molar-refractivity contribution in [3.8, 4) is 0 Å². The van der Waals surface area contributed by atoms with E-state index in [2.05, 4.69) is 16.0 Å². The van der Waals surface area contributed by atoms with Crippen LogP contribution in [0.1, 0.15) is 25.7 Å². The average Bonchev–Trinajstić information content (AvgIpc) is 2.76. The van der Waals surface area contributed by atoms with Gasteiger partial charge in [0.15, 0.2) is 0 Å². The second-order valence-corrected chi connectivity index (χ2v) is 10.0. The van der Waals surface area contributed by atoms with E-state index in [1.54, 1.807) is 6.26 Å². The number of nitrogens with two attached hydrogens (primary N) is 1. The van der Waals surface area contributed by atoms with E-state index in [0.29, 0.717) is 23.7 Å². The zero-order valence-electron chi connectivity index (χ0n) is 19.0. The molecular formula is C19H34N4O7S3. The lowest BCUT2D eigenvalue weighted by atomic mass is 10.1. The number of carbonyl (C=O) groups is 5. The van der Waals surface area contributed by atoms with Gasteiger partial charge in [-0.2, -0.15) is 35.3 Å². The van der Waals surface area contributed by atoms with Crippen LogP contribution < -0.4 is 21.7 Å². The maximum atomic E-state index is 12.8. The number of hydrogen-bond acceptors (Lipinski definition) is 9. The molecule has 4 atom stereocenters. The maximum absolute atomic E-state index is 12.8. The highest BCUT2D eigenvalue weighted by Crippen LogP contribution is 2.06. The van der Waals surface area contributed by atoms with Crippen LogP contribution in [0.5, 0.6) is 0 Å². The number of carboxylic acids is 2. The Morgan fingerprint density at radius 2 is 1.12 bits per heavy atom. The normalized spacial score (nSPS) is 14.4. The van der Waals surface area contributed by atoms with E-state index < -0.39 is 60.2 Å². The lowest BCUT2D eigenvalue weighted by molar-refractivity contribution is -0.143. The SMILES string of the molecule is CSCCC(N)C(=O)NC(CCSC)C(=O)NC(CC(=O)O)C(=O)NC(CCSC)C(=O)O. The smallest absolute Gasteiger partial charge is 0.326 e. The van der Waals surface area contributed by atoms with E-state index in [-0.39, 0.29) is 12.8 Å². The predicted molar refractivity (Wildman–Crippen MR) is 133 cm³/mol. The third-order valence-electron chi connectivity index (χ3n) is 4.45. The number of carboxylic acid groups (broad SMARTS) is 2. The molecule has 0 fully saturated rings. The largest absolute Gasteiger partial charge is 0.481 e. The number of thioether (sulfide) groups is 3. The average molecular weight is 527 g/mol. The highest BCUT2D eigenvalue weighted by molar-refractivity contribution is 7.98. The zero-order chi connectivity index (χ0) is 25.4. The van der Waals surface area contributed by atoms with Crippen LogP contribution in [0, 0.1) is 0 Å². The van der Waals surface area contributed by atoms with Crippen molar-refractivity contribution in [3.05, 3.63) is 0 Å². The highest BCUT2D eigenvalue weighted by Gasteiger charge is 2.31. The van der Waals surface area contributed by atoms with Crippen molar-refractivity contribution in [2.24, 2.45) is 5.73 Å². The van der Waals surface area contributed by atoms with Gasteiger partial charge in [0.25, 0.3) is 0 Å². The molecule has 14 heteroatoms. The first-order chi connectivity index (χ1) is 15.6. The molecule has 0 aliphatic carbocycles. The fourth-order valence-corrected chi connectivity index (χ4v) is 4.01. The molecule has 33 heavy (non-hydrogen) atoms. The molecule has 0 aromatic rings. The van der Waals surface area contributed by atoms with Gasteiger partial charge < -0.3 is 31.9 Å². The van der Waals surface area contributed by atoms with E-state index in [9.17, 15) is 29.1 Å². The molecule has 0 radical (unpaired) electrons.